The van der Waals surface area contributed by atoms with E-state index in [1.807, 2.05) is 12.1 Å². The minimum Gasteiger partial charge on any atom is -0.363 e. The number of rotatable bonds is 3. The van der Waals surface area contributed by atoms with Crippen LogP contribution in [0.5, 0.6) is 0 Å². The predicted molar refractivity (Wildman–Crippen MR) is 85.7 cm³/mol. The second-order valence-corrected chi connectivity index (χ2v) is 5.98. The van der Waals surface area contributed by atoms with Crippen molar-refractivity contribution in [1.82, 2.24) is 0 Å². The van der Waals surface area contributed by atoms with Crippen molar-refractivity contribution in [3.05, 3.63) is 63.4 Å². The van der Waals surface area contributed by atoms with Crippen molar-refractivity contribution < 1.29 is 4.39 Å². The van der Waals surface area contributed by atoms with Gasteiger partial charge in [-0.05, 0) is 47.9 Å². The molecule has 0 fully saturated rings. The summed E-state index contributed by atoms with van der Waals surface area (Å²) in [6.45, 7) is 1.18. The van der Waals surface area contributed by atoms with Gasteiger partial charge >= 0.3 is 0 Å². The van der Waals surface area contributed by atoms with Crippen molar-refractivity contribution in [2.45, 2.75) is 12.5 Å². The summed E-state index contributed by atoms with van der Waals surface area (Å²) in [5.41, 5.74) is 8.86. The van der Waals surface area contributed by atoms with Crippen molar-refractivity contribution in [3.8, 4) is 0 Å². The molecular weight excluding hydrogens is 310 g/mol. The van der Waals surface area contributed by atoms with Gasteiger partial charge in [0.25, 0.3) is 0 Å². The Morgan fingerprint density at radius 1 is 1.19 bits per heavy atom. The Labute approximate surface area is 133 Å². The van der Waals surface area contributed by atoms with E-state index in [1.54, 1.807) is 18.2 Å². The van der Waals surface area contributed by atoms with Gasteiger partial charge in [-0.15, -0.1) is 0 Å². The minimum atomic E-state index is -0.242. The van der Waals surface area contributed by atoms with Gasteiger partial charge in [0.2, 0.25) is 0 Å². The molecule has 0 amide bonds. The van der Waals surface area contributed by atoms with Crippen LogP contribution in [0.2, 0.25) is 10.0 Å². The predicted octanol–water partition coefficient (Wildman–Crippen LogP) is 4.20. The maximum absolute atomic E-state index is 13.5. The van der Waals surface area contributed by atoms with Crippen molar-refractivity contribution in [2.75, 3.05) is 18.0 Å². The fraction of sp³-hybridized carbons (Fsp3) is 0.250. The SMILES string of the molecule is NCC(c1cc(Cl)ccc1Cl)N1CCc2ccc(F)cc21. The average Bonchev–Trinajstić information content (AvgIpc) is 2.87. The molecule has 1 atom stereocenters. The summed E-state index contributed by atoms with van der Waals surface area (Å²) in [6, 6.07) is 10.1. The molecule has 0 aromatic heterocycles. The monoisotopic (exact) mass is 324 g/mol. The zero-order valence-electron chi connectivity index (χ0n) is 11.3. The molecule has 2 aromatic rings. The van der Waals surface area contributed by atoms with Gasteiger partial charge in [0.05, 0.1) is 6.04 Å². The summed E-state index contributed by atoms with van der Waals surface area (Å²) in [5, 5.41) is 1.24. The van der Waals surface area contributed by atoms with E-state index in [0.717, 1.165) is 29.8 Å². The van der Waals surface area contributed by atoms with E-state index in [2.05, 4.69) is 4.90 Å². The highest BCUT2D eigenvalue weighted by Gasteiger charge is 2.28. The molecule has 1 unspecified atom stereocenters. The Hall–Kier alpha value is -1.29. The zero-order chi connectivity index (χ0) is 15.0. The third-order valence-corrected chi connectivity index (χ3v) is 4.47. The number of nitrogens with zero attached hydrogens (tertiary/aromatic N) is 1. The maximum atomic E-state index is 13.5. The molecule has 0 saturated heterocycles. The molecule has 0 saturated carbocycles. The van der Waals surface area contributed by atoms with E-state index in [9.17, 15) is 4.39 Å². The van der Waals surface area contributed by atoms with Crippen molar-refractivity contribution in [3.63, 3.8) is 0 Å². The first-order valence-corrected chi connectivity index (χ1v) is 7.56. The van der Waals surface area contributed by atoms with Crippen LogP contribution in [0.3, 0.4) is 0 Å². The van der Waals surface area contributed by atoms with Gasteiger partial charge in [-0.3, -0.25) is 0 Å². The molecule has 21 heavy (non-hydrogen) atoms. The standard InChI is InChI=1S/C16H15Cl2FN2/c17-11-2-4-14(18)13(7-11)16(9-20)21-6-5-10-1-3-12(19)8-15(10)21/h1-4,7-8,16H,5-6,9,20H2. The van der Waals surface area contributed by atoms with E-state index in [4.69, 9.17) is 28.9 Å². The molecule has 0 radical (unpaired) electrons. The minimum absolute atomic E-state index is 0.112. The number of fused-ring (bicyclic) bond motifs is 1. The van der Waals surface area contributed by atoms with E-state index in [1.165, 1.54) is 6.07 Å². The summed E-state index contributed by atoms with van der Waals surface area (Å²) in [4.78, 5) is 2.11. The van der Waals surface area contributed by atoms with E-state index >= 15 is 0 Å². The topological polar surface area (TPSA) is 29.3 Å². The van der Waals surface area contributed by atoms with Crippen LogP contribution in [-0.4, -0.2) is 13.1 Å². The third kappa shape index (κ3) is 2.73. The highest BCUT2D eigenvalue weighted by molar-refractivity contribution is 6.33. The summed E-state index contributed by atoms with van der Waals surface area (Å²) in [6.07, 6.45) is 0.879. The molecular formula is C16H15Cl2FN2. The molecule has 0 spiro atoms. The van der Waals surface area contributed by atoms with Gasteiger partial charge < -0.3 is 10.6 Å². The smallest absolute Gasteiger partial charge is 0.125 e. The summed E-state index contributed by atoms with van der Waals surface area (Å²) >= 11 is 12.4. The average molecular weight is 325 g/mol. The summed E-state index contributed by atoms with van der Waals surface area (Å²) < 4.78 is 13.5. The molecule has 1 heterocycles. The van der Waals surface area contributed by atoms with Crippen LogP contribution in [0, 0.1) is 5.82 Å². The van der Waals surface area contributed by atoms with E-state index < -0.39 is 0 Å². The number of hydrogen-bond donors (Lipinski definition) is 1. The van der Waals surface area contributed by atoms with Crippen molar-refractivity contribution in [2.24, 2.45) is 5.73 Å². The lowest BCUT2D eigenvalue weighted by Crippen LogP contribution is -2.32. The first-order chi connectivity index (χ1) is 10.1. The van der Waals surface area contributed by atoms with Gasteiger partial charge in [0, 0.05) is 28.8 Å². The Kier molecular flexibility index (Phi) is 4.07. The number of nitrogens with two attached hydrogens (primary N) is 1. The Balaban J connectivity index is 2.03. The second kappa shape index (κ2) is 5.84. The third-order valence-electron chi connectivity index (χ3n) is 3.90. The molecule has 2 nitrogen and oxygen atoms in total. The van der Waals surface area contributed by atoms with Gasteiger partial charge in [0.1, 0.15) is 5.82 Å². The maximum Gasteiger partial charge on any atom is 0.125 e. The van der Waals surface area contributed by atoms with Crippen LogP contribution in [0.4, 0.5) is 10.1 Å². The quantitative estimate of drug-likeness (QED) is 0.917. The van der Waals surface area contributed by atoms with E-state index in [0.29, 0.717) is 16.6 Å². The van der Waals surface area contributed by atoms with Crippen molar-refractivity contribution >= 4 is 28.9 Å². The number of hydrogen-bond acceptors (Lipinski definition) is 2. The fourth-order valence-corrected chi connectivity index (χ4v) is 3.32. The number of halogens is 3. The van der Waals surface area contributed by atoms with Crippen LogP contribution in [0.15, 0.2) is 36.4 Å². The molecule has 1 aliphatic heterocycles. The lowest BCUT2D eigenvalue weighted by Gasteiger charge is -2.30. The molecule has 110 valence electrons. The number of benzene rings is 2. The normalized spacial score (nSPS) is 15.1. The van der Waals surface area contributed by atoms with Crippen LogP contribution in [0.1, 0.15) is 17.2 Å². The number of anilines is 1. The molecule has 0 aliphatic carbocycles. The first-order valence-electron chi connectivity index (χ1n) is 6.80. The lowest BCUT2D eigenvalue weighted by atomic mass is 10.0. The molecule has 3 rings (SSSR count). The zero-order valence-corrected chi connectivity index (χ0v) is 12.8. The lowest BCUT2D eigenvalue weighted by molar-refractivity contribution is 0.621. The summed E-state index contributed by atoms with van der Waals surface area (Å²) in [5.74, 6) is -0.242. The Morgan fingerprint density at radius 3 is 2.76 bits per heavy atom. The van der Waals surface area contributed by atoms with Gasteiger partial charge in [-0.25, -0.2) is 4.39 Å². The Morgan fingerprint density at radius 2 is 2.00 bits per heavy atom. The molecule has 2 aromatic carbocycles. The highest BCUT2D eigenvalue weighted by atomic mass is 35.5. The highest BCUT2D eigenvalue weighted by Crippen LogP contribution is 2.38. The molecule has 0 bridgehead atoms. The molecule has 1 aliphatic rings. The van der Waals surface area contributed by atoms with Crippen LogP contribution in [0.25, 0.3) is 0 Å². The van der Waals surface area contributed by atoms with Crippen LogP contribution < -0.4 is 10.6 Å². The fourth-order valence-electron chi connectivity index (χ4n) is 2.89. The first kappa shape index (κ1) is 14.6. The largest absolute Gasteiger partial charge is 0.363 e. The van der Waals surface area contributed by atoms with Crippen molar-refractivity contribution in [1.29, 1.82) is 0 Å². The Bertz CT molecular complexity index is 675. The van der Waals surface area contributed by atoms with Crippen LogP contribution >= 0.6 is 23.2 Å². The van der Waals surface area contributed by atoms with Gasteiger partial charge in [-0.1, -0.05) is 29.3 Å². The van der Waals surface area contributed by atoms with Gasteiger partial charge in [0.15, 0.2) is 0 Å². The second-order valence-electron chi connectivity index (χ2n) is 5.13. The molecule has 5 heteroatoms. The van der Waals surface area contributed by atoms with Gasteiger partial charge in [-0.2, -0.15) is 0 Å². The van der Waals surface area contributed by atoms with E-state index in [-0.39, 0.29) is 11.9 Å². The summed E-state index contributed by atoms with van der Waals surface area (Å²) in [7, 11) is 0. The van der Waals surface area contributed by atoms with Crippen LogP contribution in [-0.2, 0) is 6.42 Å². The molecule has 2 N–H and O–H groups in total.